The highest BCUT2D eigenvalue weighted by Crippen LogP contribution is 2.21. The lowest BCUT2D eigenvalue weighted by atomic mass is 9.94. The van der Waals surface area contributed by atoms with Gasteiger partial charge in [-0.3, -0.25) is 4.79 Å². The van der Waals surface area contributed by atoms with Crippen LogP contribution in [0.1, 0.15) is 37.0 Å². The zero-order valence-electron chi connectivity index (χ0n) is 10.7. The summed E-state index contributed by atoms with van der Waals surface area (Å²) < 4.78 is 0.771. The van der Waals surface area contributed by atoms with Gasteiger partial charge in [0, 0.05) is 27.9 Å². The van der Waals surface area contributed by atoms with Gasteiger partial charge >= 0.3 is 0 Å². The summed E-state index contributed by atoms with van der Waals surface area (Å²) in [5.74, 6) is -0.174. The highest BCUT2D eigenvalue weighted by molar-refractivity contribution is 9.10. The van der Waals surface area contributed by atoms with Gasteiger partial charge in [0.25, 0.3) is 5.91 Å². The molecule has 1 aromatic carbocycles. The summed E-state index contributed by atoms with van der Waals surface area (Å²) in [7, 11) is 0. The van der Waals surface area contributed by atoms with Gasteiger partial charge < -0.3 is 16.2 Å². The van der Waals surface area contributed by atoms with Crippen LogP contribution in [0, 0.1) is 0 Å². The van der Waals surface area contributed by atoms with E-state index in [0.717, 1.165) is 10.9 Å². The molecule has 0 radical (unpaired) electrons. The lowest BCUT2D eigenvalue weighted by Gasteiger charge is -2.29. The van der Waals surface area contributed by atoms with Gasteiger partial charge in [0.1, 0.15) is 0 Å². The number of hydrogen-bond acceptors (Lipinski definition) is 3. The Balaban J connectivity index is 2.84. The zero-order valence-corrected chi connectivity index (χ0v) is 12.3. The van der Waals surface area contributed by atoms with Gasteiger partial charge in [-0.2, -0.15) is 0 Å². The van der Waals surface area contributed by atoms with E-state index in [-0.39, 0.29) is 12.5 Å². The first-order chi connectivity index (χ1) is 8.41. The highest BCUT2D eigenvalue weighted by atomic mass is 79.9. The maximum atomic E-state index is 12.1. The van der Waals surface area contributed by atoms with Crippen molar-refractivity contribution in [1.29, 1.82) is 0 Å². The summed E-state index contributed by atoms with van der Waals surface area (Å²) in [6.45, 7) is 3.95. The number of hydrogen-bond donors (Lipinski definition) is 3. The lowest BCUT2D eigenvalue weighted by Crippen LogP contribution is -2.46. The van der Waals surface area contributed by atoms with Crippen LogP contribution in [0.15, 0.2) is 22.7 Å². The Kier molecular flexibility index (Phi) is 5.16. The number of carbonyl (C=O) groups excluding carboxylic acids is 1. The molecule has 1 unspecified atom stereocenters. The Morgan fingerprint density at radius 2 is 2.22 bits per heavy atom. The molecule has 0 spiro atoms. The van der Waals surface area contributed by atoms with Crippen molar-refractivity contribution in [3.8, 4) is 0 Å². The van der Waals surface area contributed by atoms with Gasteiger partial charge in [0.05, 0.1) is 0 Å². The summed E-state index contributed by atoms with van der Waals surface area (Å²) in [4.78, 5) is 12.1. The number of benzene rings is 1. The summed E-state index contributed by atoms with van der Waals surface area (Å²) >= 11 is 3.29. The van der Waals surface area contributed by atoms with Gasteiger partial charge in [-0.1, -0.05) is 6.92 Å². The second-order valence-corrected chi connectivity index (χ2v) is 5.43. The first-order valence-electron chi connectivity index (χ1n) is 5.90. The molecule has 0 saturated carbocycles. The quantitative estimate of drug-likeness (QED) is 0.730. The topological polar surface area (TPSA) is 75.3 Å². The number of nitrogen functional groups attached to an aromatic ring is 1. The average Bonchev–Trinajstić information content (AvgIpc) is 2.32. The van der Waals surface area contributed by atoms with Crippen molar-refractivity contribution in [3.63, 3.8) is 0 Å². The number of aliphatic hydroxyl groups excluding tert-OH is 1. The fraction of sp³-hybridized carbons (Fsp3) is 0.462. The van der Waals surface area contributed by atoms with E-state index in [4.69, 9.17) is 10.8 Å². The van der Waals surface area contributed by atoms with Crippen LogP contribution < -0.4 is 11.1 Å². The fourth-order valence-corrected chi connectivity index (χ4v) is 1.85. The standard InChI is InChI=1S/C13H19BrN2O2/c1-3-13(2,6-7-17)16-12(18)9-4-5-10(14)11(15)8-9/h4-5,8,17H,3,6-7,15H2,1-2H3,(H,16,18). The minimum absolute atomic E-state index is 0.0487. The Morgan fingerprint density at radius 3 is 2.72 bits per heavy atom. The van der Waals surface area contributed by atoms with Crippen LogP contribution in [-0.4, -0.2) is 23.2 Å². The van der Waals surface area contributed by atoms with Crippen LogP contribution in [0.25, 0.3) is 0 Å². The third-order valence-electron chi connectivity index (χ3n) is 3.12. The van der Waals surface area contributed by atoms with Crippen molar-refractivity contribution < 1.29 is 9.90 Å². The normalized spacial score (nSPS) is 14.0. The van der Waals surface area contributed by atoms with Crippen molar-refractivity contribution in [2.45, 2.75) is 32.2 Å². The van der Waals surface area contributed by atoms with Crippen LogP contribution in [-0.2, 0) is 0 Å². The molecular weight excluding hydrogens is 296 g/mol. The minimum Gasteiger partial charge on any atom is -0.398 e. The average molecular weight is 315 g/mol. The summed E-state index contributed by atoms with van der Waals surface area (Å²) in [5.41, 5.74) is 6.40. The monoisotopic (exact) mass is 314 g/mol. The van der Waals surface area contributed by atoms with Gasteiger partial charge in [0.2, 0.25) is 0 Å². The number of nitrogens with two attached hydrogens (primary N) is 1. The number of amides is 1. The molecule has 18 heavy (non-hydrogen) atoms. The molecule has 0 fully saturated rings. The lowest BCUT2D eigenvalue weighted by molar-refractivity contribution is 0.0886. The highest BCUT2D eigenvalue weighted by Gasteiger charge is 2.24. The summed E-state index contributed by atoms with van der Waals surface area (Å²) in [6, 6.07) is 5.10. The summed E-state index contributed by atoms with van der Waals surface area (Å²) in [6.07, 6.45) is 1.28. The molecule has 1 amide bonds. The van der Waals surface area contributed by atoms with Crippen molar-refractivity contribution in [1.82, 2.24) is 5.32 Å². The van der Waals surface area contributed by atoms with Gasteiger partial charge in [0.15, 0.2) is 0 Å². The van der Waals surface area contributed by atoms with E-state index in [0.29, 0.717) is 17.7 Å². The Bertz CT molecular complexity index is 437. The number of carbonyl (C=O) groups is 1. The van der Waals surface area contributed by atoms with Crippen LogP contribution in [0.5, 0.6) is 0 Å². The van der Waals surface area contributed by atoms with Crippen molar-refractivity contribution in [2.24, 2.45) is 0 Å². The molecule has 0 bridgehead atoms. The third kappa shape index (κ3) is 3.71. The van der Waals surface area contributed by atoms with Gasteiger partial charge in [-0.15, -0.1) is 0 Å². The van der Waals surface area contributed by atoms with E-state index in [1.807, 2.05) is 13.8 Å². The number of nitrogens with one attached hydrogen (secondary N) is 1. The molecule has 0 aliphatic carbocycles. The number of rotatable bonds is 5. The first-order valence-corrected chi connectivity index (χ1v) is 6.69. The molecule has 5 heteroatoms. The van der Waals surface area contributed by atoms with Gasteiger partial charge in [-0.05, 0) is 53.9 Å². The molecule has 0 aromatic heterocycles. The maximum absolute atomic E-state index is 12.1. The van der Waals surface area contributed by atoms with Crippen LogP contribution in [0.3, 0.4) is 0 Å². The molecule has 1 rings (SSSR count). The van der Waals surface area contributed by atoms with Crippen LogP contribution >= 0.6 is 15.9 Å². The van der Waals surface area contributed by atoms with E-state index >= 15 is 0 Å². The molecule has 0 aliphatic rings. The van der Waals surface area contributed by atoms with Crippen molar-refractivity contribution >= 4 is 27.5 Å². The molecule has 1 atom stereocenters. The van der Waals surface area contributed by atoms with Crippen LogP contribution in [0.2, 0.25) is 0 Å². The van der Waals surface area contributed by atoms with Crippen LogP contribution in [0.4, 0.5) is 5.69 Å². The SMILES string of the molecule is CCC(C)(CCO)NC(=O)c1ccc(Br)c(N)c1. The van der Waals surface area contributed by atoms with Gasteiger partial charge in [-0.25, -0.2) is 0 Å². The largest absolute Gasteiger partial charge is 0.398 e. The van der Waals surface area contributed by atoms with Crippen molar-refractivity contribution in [3.05, 3.63) is 28.2 Å². The molecule has 0 heterocycles. The Labute approximate surface area is 116 Å². The second kappa shape index (κ2) is 6.20. The van der Waals surface area contributed by atoms with E-state index in [2.05, 4.69) is 21.2 Å². The minimum atomic E-state index is -0.395. The number of anilines is 1. The first kappa shape index (κ1) is 15.0. The Hall–Kier alpha value is -1.07. The fourth-order valence-electron chi connectivity index (χ4n) is 1.61. The second-order valence-electron chi connectivity index (χ2n) is 4.58. The maximum Gasteiger partial charge on any atom is 0.251 e. The summed E-state index contributed by atoms with van der Waals surface area (Å²) in [5, 5.41) is 12.0. The predicted octanol–water partition coefficient (Wildman–Crippen LogP) is 2.31. The number of aliphatic hydroxyl groups is 1. The number of halogens is 1. The molecule has 0 aliphatic heterocycles. The van der Waals surface area contributed by atoms with E-state index < -0.39 is 5.54 Å². The third-order valence-corrected chi connectivity index (χ3v) is 3.84. The van der Waals surface area contributed by atoms with E-state index in [1.165, 1.54) is 0 Å². The molecule has 1 aromatic rings. The van der Waals surface area contributed by atoms with Crippen molar-refractivity contribution in [2.75, 3.05) is 12.3 Å². The zero-order chi connectivity index (χ0) is 13.8. The van der Waals surface area contributed by atoms with E-state index in [1.54, 1.807) is 18.2 Å². The molecule has 4 nitrogen and oxygen atoms in total. The molecule has 4 N–H and O–H groups in total. The molecular formula is C13H19BrN2O2. The molecule has 100 valence electrons. The predicted molar refractivity (Wildman–Crippen MR) is 76.4 cm³/mol. The molecule has 0 saturated heterocycles. The Morgan fingerprint density at radius 1 is 1.56 bits per heavy atom. The van der Waals surface area contributed by atoms with E-state index in [9.17, 15) is 4.79 Å². The smallest absolute Gasteiger partial charge is 0.251 e.